The first-order chi connectivity index (χ1) is 7.59. The van der Waals surface area contributed by atoms with E-state index in [0.717, 1.165) is 0 Å². The molecular weight excluding hydrogens is 212 g/mol. The van der Waals surface area contributed by atoms with Gasteiger partial charge in [0, 0.05) is 0 Å². The molecule has 2 heterocycles. The molecule has 2 aromatic rings. The van der Waals surface area contributed by atoms with E-state index in [1.165, 1.54) is 13.3 Å². The number of carboxylic acid groups (broad SMARTS) is 1. The largest absolute Gasteiger partial charge is 0.480 e. The third-order valence-corrected chi connectivity index (χ3v) is 2.17. The maximum absolute atomic E-state index is 10.7. The minimum Gasteiger partial charge on any atom is -0.480 e. The molecule has 0 saturated heterocycles. The molecule has 0 radical (unpaired) electrons. The molecule has 0 aliphatic heterocycles. The second-order valence-electron chi connectivity index (χ2n) is 3.37. The SMILES string of the molecule is Cc1noc2ncnc(NC(C)C(=O)O)c12. The number of fused-ring (bicyclic) bond motifs is 1. The van der Waals surface area contributed by atoms with Crippen molar-refractivity contribution in [3.05, 3.63) is 12.0 Å². The summed E-state index contributed by atoms with van der Waals surface area (Å²) in [6.07, 6.45) is 1.30. The Morgan fingerprint density at radius 1 is 1.56 bits per heavy atom. The zero-order valence-electron chi connectivity index (χ0n) is 8.76. The molecule has 7 heteroatoms. The van der Waals surface area contributed by atoms with Crippen LogP contribution >= 0.6 is 0 Å². The van der Waals surface area contributed by atoms with E-state index in [0.29, 0.717) is 22.6 Å². The molecule has 0 bridgehead atoms. The fraction of sp³-hybridized carbons (Fsp3) is 0.333. The highest BCUT2D eigenvalue weighted by Gasteiger charge is 2.16. The molecule has 1 atom stereocenters. The van der Waals surface area contributed by atoms with E-state index in [1.807, 2.05) is 0 Å². The van der Waals surface area contributed by atoms with Gasteiger partial charge in [0.2, 0.25) is 0 Å². The van der Waals surface area contributed by atoms with E-state index in [9.17, 15) is 4.79 Å². The zero-order chi connectivity index (χ0) is 11.7. The van der Waals surface area contributed by atoms with Crippen LogP contribution in [-0.2, 0) is 4.79 Å². The number of carboxylic acids is 1. The van der Waals surface area contributed by atoms with Crippen LogP contribution in [0.2, 0.25) is 0 Å². The molecule has 0 aliphatic carbocycles. The smallest absolute Gasteiger partial charge is 0.325 e. The summed E-state index contributed by atoms with van der Waals surface area (Å²) < 4.78 is 4.94. The van der Waals surface area contributed by atoms with Crippen LogP contribution in [0.25, 0.3) is 11.1 Å². The van der Waals surface area contributed by atoms with Crippen molar-refractivity contribution >= 4 is 22.9 Å². The fourth-order valence-corrected chi connectivity index (χ4v) is 1.30. The minimum absolute atomic E-state index is 0.340. The van der Waals surface area contributed by atoms with Crippen molar-refractivity contribution in [1.29, 1.82) is 0 Å². The second kappa shape index (κ2) is 3.76. The summed E-state index contributed by atoms with van der Waals surface area (Å²) in [5.41, 5.74) is 0.961. The molecule has 2 rings (SSSR count). The van der Waals surface area contributed by atoms with Gasteiger partial charge in [0.15, 0.2) is 0 Å². The normalized spacial score (nSPS) is 12.6. The lowest BCUT2D eigenvalue weighted by atomic mass is 10.2. The average Bonchev–Trinajstić information content (AvgIpc) is 2.61. The third-order valence-electron chi connectivity index (χ3n) is 2.17. The van der Waals surface area contributed by atoms with Crippen LogP contribution in [0.3, 0.4) is 0 Å². The first-order valence-electron chi connectivity index (χ1n) is 4.66. The molecule has 7 nitrogen and oxygen atoms in total. The van der Waals surface area contributed by atoms with Crippen LogP contribution in [0.15, 0.2) is 10.9 Å². The molecule has 0 spiro atoms. The van der Waals surface area contributed by atoms with Gasteiger partial charge in [0.25, 0.3) is 5.71 Å². The van der Waals surface area contributed by atoms with Crippen molar-refractivity contribution in [3.8, 4) is 0 Å². The van der Waals surface area contributed by atoms with Crippen molar-refractivity contribution < 1.29 is 14.4 Å². The highest BCUT2D eigenvalue weighted by molar-refractivity contribution is 5.89. The van der Waals surface area contributed by atoms with Gasteiger partial charge < -0.3 is 14.9 Å². The predicted octanol–water partition coefficient (Wildman–Crippen LogP) is 0.811. The van der Waals surface area contributed by atoms with Crippen LogP contribution in [-0.4, -0.2) is 32.2 Å². The molecule has 0 saturated carbocycles. The number of rotatable bonds is 3. The third kappa shape index (κ3) is 1.67. The van der Waals surface area contributed by atoms with E-state index < -0.39 is 12.0 Å². The Kier molecular flexibility index (Phi) is 2.43. The summed E-state index contributed by atoms with van der Waals surface area (Å²) in [6, 6.07) is -0.743. The Morgan fingerprint density at radius 3 is 3.00 bits per heavy atom. The Labute approximate surface area is 90.5 Å². The lowest BCUT2D eigenvalue weighted by molar-refractivity contribution is -0.137. The van der Waals surface area contributed by atoms with Crippen molar-refractivity contribution in [2.75, 3.05) is 5.32 Å². The summed E-state index contributed by atoms with van der Waals surface area (Å²) in [4.78, 5) is 18.6. The van der Waals surface area contributed by atoms with Gasteiger partial charge in [-0.3, -0.25) is 4.79 Å². The summed E-state index contributed by atoms with van der Waals surface area (Å²) in [7, 11) is 0. The Hall–Kier alpha value is -2.18. The number of anilines is 1. The van der Waals surface area contributed by atoms with Crippen molar-refractivity contribution in [3.63, 3.8) is 0 Å². The monoisotopic (exact) mass is 222 g/mol. The highest BCUT2D eigenvalue weighted by Crippen LogP contribution is 2.22. The Balaban J connectivity index is 2.44. The first-order valence-corrected chi connectivity index (χ1v) is 4.66. The van der Waals surface area contributed by atoms with Crippen molar-refractivity contribution in [2.24, 2.45) is 0 Å². The van der Waals surface area contributed by atoms with Gasteiger partial charge in [-0.05, 0) is 13.8 Å². The minimum atomic E-state index is -0.958. The van der Waals surface area contributed by atoms with E-state index in [2.05, 4.69) is 20.4 Å². The van der Waals surface area contributed by atoms with E-state index in [1.54, 1.807) is 6.92 Å². The maximum atomic E-state index is 10.7. The molecule has 1 unspecified atom stereocenters. The predicted molar refractivity (Wildman–Crippen MR) is 55.1 cm³/mol. The van der Waals surface area contributed by atoms with Crippen LogP contribution in [0.5, 0.6) is 0 Å². The number of aromatic nitrogens is 3. The maximum Gasteiger partial charge on any atom is 0.325 e. The van der Waals surface area contributed by atoms with Crippen LogP contribution in [0.1, 0.15) is 12.6 Å². The molecule has 84 valence electrons. The number of nitrogens with zero attached hydrogens (tertiary/aromatic N) is 3. The van der Waals surface area contributed by atoms with Crippen molar-refractivity contribution in [2.45, 2.75) is 19.9 Å². The molecule has 2 aromatic heterocycles. The average molecular weight is 222 g/mol. The fourth-order valence-electron chi connectivity index (χ4n) is 1.30. The quantitative estimate of drug-likeness (QED) is 0.792. The molecule has 0 fully saturated rings. The van der Waals surface area contributed by atoms with Gasteiger partial charge in [-0.1, -0.05) is 5.16 Å². The molecule has 0 amide bonds. The molecule has 2 N–H and O–H groups in total. The standard InChI is InChI=1S/C9H10N4O3/c1-4-6-7(12-5(2)9(14)15)10-3-11-8(6)16-13-4/h3,5H,1-2H3,(H,14,15)(H,10,11,12). The van der Waals surface area contributed by atoms with Crippen LogP contribution in [0.4, 0.5) is 5.82 Å². The van der Waals surface area contributed by atoms with Gasteiger partial charge in [0.05, 0.1) is 5.69 Å². The molecule has 0 aliphatic rings. The molecular formula is C9H10N4O3. The summed E-state index contributed by atoms with van der Waals surface area (Å²) >= 11 is 0. The first kappa shape index (κ1) is 10.3. The van der Waals surface area contributed by atoms with E-state index in [4.69, 9.17) is 9.63 Å². The number of nitrogens with one attached hydrogen (secondary N) is 1. The van der Waals surface area contributed by atoms with Gasteiger partial charge in [0.1, 0.15) is 23.6 Å². The number of hydrogen-bond acceptors (Lipinski definition) is 6. The van der Waals surface area contributed by atoms with E-state index >= 15 is 0 Å². The zero-order valence-corrected chi connectivity index (χ0v) is 8.76. The van der Waals surface area contributed by atoms with Gasteiger partial charge in [-0.25, -0.2) is 4.98 Å². The Bertz CT molecular complexity index is 537. The Morgan fingerprint density at radius 2 is 2.31 bits per heavy atom. The number of carbonyl (C=O) groups is 1. The molecule has 0 aromatic carbocycles. The van der Waals surface area contributed by atoms with Gasteiger partial charge in [-0.15, -0.1) is 0 Å². The van der Waals surface area contributed by atoms with Crippen molar-refractivity contribution in [1.82, 2.24) is 15.1 Å². The summed E-state index contributed by atoms with van der Waals surface area (Å²) in [5.74, 6) is -0.542. The lowest BCUT2D eigenvalue weighted by Gasteiger charge is -2.09. The summed E-state index contributed by atoms with van der Waals surface area (Å²) in [6.45, 7) is 3.27. The number of aryl methyl sites for hydroxylation is 1. The van der Waals surface area contributed by atoms with Crippen LogP contribution < -0.4 is 5.32 Å². The second-order valence-corrected chi connectivity index (χ2v) is 3.37. The highest BCUT2D eigenvalue weighted by atomic mass is 16.5. The lowest BCUT2D eigenvalue weighted by Crippen LogP contribution is -2.26. The van der Waals surface area contributed by atoms with Gasteiger partial charge in [-0.2, -0.15) is 4.98 Å². The van der Waals surface area contributed by atoms with E-state index in [-0.39, 0.29) is 0 Å². The van der Waals surface area contributed by atoms with Crippen LogP contribution in [0, 0.1) is 6.92 Å². The number of hydrogen-bond donors (Lipinski definition) is 2. The molecule has 16 heavy (non-hydrogen) atoms. The number of aliphatic carboxylic acids is 1. The van der Waals surface area contributed by atoms with Gasteiger partial charge >= 0.3 is 5.97 Å². The topological polar surface area (TPSA) is 101 Å². The summed E-state index contributed by atoms with van der Waals surface area (Å²) in [5, 5.41) is 15.9.